The standard InChI is InChI=1S/C27H28N3.HI/c1-19(2)20-7-11-26-21(16-20)6-9-24-18-29-25-12-10-23(28-14-4-3-5-15-28)17-22(25)8-13-27(29)30(24)26;/h6-13,16-19H,3-5,14-15H2,1-2H3;1H/q+1;/p-1. The van der Waals surface area contributed by atoms with E-state index in [1.54, 1.807) is 0 Å². The lowest BCUT2D eigenvalue weighted by Crippen LogP contribution is -3.00. The second-order valence-electron chi connectivity index (χ2n) is 9.05. The molecule has 4 heteroatoms. The van der Waals surface area contributed by atoms with E-state index in [0.717, 1.165) is 0 Å². The van der Waals surface area contributed by atoms with Gasteiger partial charge in [0.2, 0.25) is 0 Å². The monoisotopic (exact) mass is 521 g/mol. The molecule has 3 aromatic heterocycles. The lowest BCUT2D eigenvalue weighted by molar-refractivity contribution is -0.479. The Morgan fingerprint density at radius 1 is 0.806 bits per heavy atom. The minimum atomic E-state index is 0. The predicted molar refractivity (Wildman–Crippen MR) is 126 cm³/mol. The number of aromatic nitrogens is 2. The summed E-state index contributed by atoms with van der Waals surface area (Å²) in [7, 11) is 0. The molecule has 0 aliphatic carbocycles. The smallest absolute Gasteiger partial charge is 0.292 e. The van der Waals surface area contributed by atoms with Crippen LogP contribution in [-0.2, 0) is 0 Å². The lowest BCUT2D eigenvalue weighted by atomic mass is 10.0. The number of fused-ring (bicyclic) bond motifs is 7. The third kappa shape index (κ3) is 3.36. The fraction of sp³-hybridized carbons (Fsp3) is 0.296. The summed E-state index contributed by atoms with van der Waals surface area (Å²) >= 11 is 0. The van der Waals surface area contributed by atoms with E-state index in [1.807, 2.05) is 0 Å². The molecule has 1 fully saturated rings. The van der Waals surface area contributed by atoms with Gasteiger partial charge in [-0.15, -0.1) is 0 Å². The van der Waals surface area contributed by atoms with Gasteiger partial charge in [0, 0.05) is 35.6 Å². The van der Waals surface area contributed by atoms with Crippen molar-refractivity contribution in [3.05, 3.63) is 72.4 Å². The van der Waals surface area contributed by atoms with Crippen molar-refractivity contribution in [1.29, 1.82) is 0 Å². The van der Waals surface area contributed by atoms with Crippen molar-refractivity contribution in [2.24, 2.45) is 0 Å². The number of hydrogen-bond acceptors (Lipinski definition) is 1. The van der Waals surface area contributed by atoms with Crippen LogP contribution in [-0.4, -0.2) is 17.5 Å². The van der Waals surface area contributed by atoms with Crippen LogP contribution in [0.4, 0.5) is 5.69 Å². The predicted octanol–water partition coefficient (Wildman–Crippen LogP) is 3.10. The number of pyridine rings is 2. The molecular weight excluding hydrogens is 493 g/mol. The minimum absolute atomic E-state index is 0. The second-order valence-corrected chi connectivity index (χ2v) is 9.05. The SMILES string of the molecule is CC(C)c1ccc2c(ccc3c[n+]4c5ccc(N6CCCCC6)cc5ccc4n32)c1.[I-]. The summed E-state index contributed by atoms with van der Waals surface area (Å²) in [5, 5.41) is 2.60. The summed E-state index contributed by atoms with van der Waals surface area (Å²) in [6, 6.07) is 22.9. The van der Waals surface area contributed by atoms with Gasteiger partial charge in [-0.3, -0.25) is 0 Å². The molecule has 1 aliphatic rings. The first-order valence-electron chi connectivity index (χ1n) is 11.3. The van der Waals surface area contributed by atoms with Gasteiger partial charge < -0.3 is 28.9 Å². The number of rotatable bonds is 2. The maximum absolute atomic E-state index is 2.54. The average molecular weight is 521 g/mol. The molecule has 1 aliphatic heterocycles. The zero-order valence-electron chi connectivity index (χ0n) is 18.2. The Hall–Kier alpha value is -2.34. The molecule has 0 saturated carbocycles. The van der Waals surface area contributed by atoms with E-state index < -0.39 is 0 Å². The Balaban J connectivity index is 0.00000204. The molecule has 6 rings (SSSR count). The highest BCUT2D eigenvalue weighted by atomic mass is 127. The summed E-state index contributed by atoms with van der Waals surface area (Å²) < 4.78 is 4.73. The van der Waals surface area contributed by atoms with Gasteiger partial charge in [0.1, 0.15) is 17.2 Å². The maximum atomic E-state index is 2.54. The third-order valence-electron chi connectivity index (χ3n) is 6.79. The highest BCUT2D eigenvalue weighted by Crippen LogP contribution is 2.27. The first kappa shape index (κ1) is 20.6. The van der Waals surface area contributed by atoms with Crippen LogP contribution in [0.25, 0.3) is 33.0 Å². The number of nitrogens with zero attached hydrogens (tertiary/aromatic N) is 3. The van der Waals surface area contributed by atoms with Crippen LogP contribution in [0.15, 0.2) is 66.9 Å². The maximum Gasteiger partial charge on any atom is 0.292 e. The molecule has 0 atom stereocenters. The van der Waals surface area contributed by atoms with Crippen LogP contribution in [0.1, 0.15) is 44.6 Å². The van der Waals surface area contributed by atoms with Gasteiger partial charge in [-0.2, -0.15) is 8.80 Å². The van der Waals surface area contributed by atoms with Gasteiger partial charge >= 0.3 is 0 Å². The fourth-order valence-corrected chi connectivity index (χ4v) is 5.08. The highest BCUT2D eigenvalue weighted by Gasteiger charge is 2.18. The Morgan fingerprint density at radius 3 is 2.42 bits per heavy atom. The van der Waals surface area contributed by atoms with E-state index in [0.29, 0.717) is 5.92 Å². The number of anilines is 1. The van der Waals surface area contributed by atoms with Gasteiger partial charge in [-0.25, -0.2) is 0 Å². The Kier molecular flexibility index (Phi) is 5.29. The van der Waals surface area contributed by atoms with Crippen molar-refractivity contribution in [2.45, 2.75) is 39.0 Å². The number of hydrogen-bond donors (Lipinski definition) is 0. The Labute approximate surface area is 200 Å². The molecule has 1 saturated heterocycles. The van der Waals surface area contributed by atoms with Gasteiger partial charge in [0.15, 0.2) is 5.52 Å². The number of piperidine rings is 1. The quantitative estimate of drug-likeness (QED) is 0.257. The average Bonchev–Trinajstić information content (AvgIpc) is 3.18. The summed E-state index contributed by atoms with van der Waals surface area (Å²) in [6.45, 7) is 6.87. The molecule has 31 heavy (non-hydrogen) atoms. The summed E-state index contributed by atoms with van der Waals surface area (Å²) in [6.07, 6.45) is 6.25. The van der Waals surface area contributed by atoms with Gasteiger partial charge in [-0.05, 0) is 79.3 Å². The first-order valence-corrected chi connectivity index (χ1v) is 11.3. The molecule has 2 aromatic carbocycles. The van der Waals surface area contributed by atoms with E-state index in [-0.39, 0.29) is 24.0 Å². The van der Waals surface area contributed by atoms with Gasteiger partial charge in [-0.1, -0.05) is 19.9 Å². The molecule has 158 valence electrons. The molecule has 3 nitrogen and oxygen atoms in total. The van der Waals surface area contributed by atoms with Crippen LogP contribution in [0.2, 0.25) is 0 Å². The van der Waals surface area contributed by atoms with Gasteiger partial charge in [0.05, 0.1) is 0 Å². The van der Waals surface area contributed by atoms with Crippen LogP contribution in [0.3, 0.4) is 0 Å². The summed E-state index contributed by atoms with van der Waals surface area (Å²) in [5.41, 5.74) is 7.73. The molecule has 0 amide bonds. The topological polar surface area (TPSA) is 11.8 Å². The van der Waals surface area contributed by atoms with Crippen molar-refractivity contribution in [3.8, 4) is 0 Å². The zero-order valence-corrected chi connectivity index (χ0v) is 20.3. The number of imidazole rings is 1. The van der Waals surface area contributed by atoms with Crippen LogP contribution >= 0.6 is 0 Å². The molecule has 0 N–H and O–H groups in total. The molecule has 0 radical (unpaired) electrons. The van der Waals surface area contributed by atoms with Crippen LogP contribution in [0.5, 0.6) is 0 Å². The molecule has 0 unspecified atom stereocenters. The van der Waals surface area contributed by atoms with E-state index in [9.17, 15) is 0 Å². The van der Waals surface area contributed by atoms with Crippen LogP contribution in [0, 0.1) is 0 Å². The lowest BCUT2D eigenvalue weighted by Gasteiger charge is -2.28. The minimum Gasteiger partial charge on any atom is -1.00 e. The van der Waals surface area contributed by atoms with Crippen molar-refractivity contribution in [3.63, 3.8) is 0 Å². The van der Waals surface area contributed by atoms with E-state index >= 15 is 0 Å². The van der Waals surface area contributed by atoms with E-state index in [4.69, 9.17) is 0 Å². The first-order chi connectivity index (χ1) is 14.7. The largest absolute Gasteiger partial charge is 1.00 e. The normalized spacial score (nSPS) is 14.7. The number of benzene rings is 2. The van der Waals surface area contributed by atoms with Gasteiger partial charge in [0.25, 0.3) is 5.65 Å². The third-order valence-corrected chi connectivity index (χ3v) is 6.79. The van der Waals surface area contributed by atoms with Crippen molar-refractivity contribution >= 4 is 38.7 Å². The molecule has 0 bridgehead atoms. The van der Waals surface area contributed by atoms with Crippen molar-refractivity contribution in [1.82, 2.24) is 4.40 Å². The summed E-state index contributed by atoms with van der Waals surface area (Å²) in [4.78, 5) is 2.54. The Bertz CT molecular complexity index is 1410. The molecule has 5 aromatic rings. The fourth-order valence-electron chi connectivity index (χ4n) is 5.08. The molecular formula is C27H28IN3. The zero-order chi connectivity index (χ0) is 20.2. The highest BCUT2D eigenvalue weighted by molar-refractivity contribution is 5.87. The van der Waals surface area contributed by atoms with E-state index in [1.165, 1.54) is 76.6 Å². The van der Waals surface area contributed by atoms with E-state index in [2.05, 4.69) is 94.4 Å². The van der Waals surface area contributed by atoms with Crippen molar-refractivity contribution < 1.29 is 28.4 Å². The molecule has 0 spiro atoms. The molecule has 4 heterocycles. The summed E-state index contributed by atoms with van der Waals surface area (Å²) in [5.74, 6) is 0.541. The van der Waals surface area contributed by atoms with Crippen LogP contribution < -0.4 is 33.3 Å². The van der Waals surface area contributed by atoms with Crippen molar-refractivity contribution in [2.75, 3.05) is 18.0 Å². The second kappa shape index (κ2) is 7.97. The number of halogens is 1. The Morgan fingerprint density at radius 2 is 1.61 bits per heavy atom.